The highest BCUT2D eigenvalue weighted by Crippen LogP contribution is 2.35. The van der Waals surface area contributed by atoms with Crippen molar-refractivity contribution in [3.05, 3.63) is 35.5 Å². The van der Waals surface area contributed by atoms with E-state index >= 15 is 0 Å². The second-order valence-corrected chi connectivity index (χ2v) is 4.82. The van der Waals surface area contributed by atoms with Crippen LogP contribution in [0.25, 0.3) is 0 Å². The molecule has 19 heavy (non-hydrogen) atoms. The summed E-state index contributed by atoms with van der Waals surface area (Å²) in [6, 6.07) is 5.85. The molecule has 0 amide bonds. The van der Waals surface area contributed by atoms with Gasteiger partial charge < -0.3 is 15.2 Å². The number of nitrogens with two attached hydrogens (primary N) is 1. The molecule has 0 bridgehead atoms. The normalized spacial score (nSPS) is 17.1. The monoisotopic (exact) mass is 259 g/mol. The maximum atomic E-state index is 5.84. The van der Waals surface area contributed by atoms with E-state index in [0.29, 0.717) is 12.4 Å². The molecule has 1 aliphatic rings. The van der Waals surface area contributed by atoms with Crippen LogP contribution in [0.5, 0.6) is 11.5 Å². The van der Waals surface area contributed by atoms with Crippen molar-refractivity contribution in [3.63, 3.8) is 0 Å². The van der Waals surface area contributed by atoms with E-state index in [1.807, 2.05) is 12.1 Å². The molecule has 0 saturated heterocycles. The molecule has 0 spiro atoms. The Hall–Kier alpha value is -2.17. The lowest BCUT2D eigenvalue weighted by atomic mass is 10.1. The Bertz CT molecular complexity index is 607. The van der Waals surface area contributed by atoms with E-state index in [9.17, 15) is 0 Å². The van der Waals surface area contributed by atoms with E-state index in [1.54, 1.807) is 24.1 Å². The highest BCUT2D eigenvalue weighted by molar-refractivity contribution is 5.49. The minimum Gasteiger partial charge on any atom is -0.496 e. The molecule has 1 aromatic carbocycles. The molecule has 2 N–H and O–H groups in total. The SMILES string of the molecule is COc1cc2c(cc1Cn1nccc1N)OC(C)C2. The number of anilines is 1. The number of nitrogen functional groups attached to an aromatic ring is 1. The Morgan fingerprint density at radius 2 is 2.37 bits per heavy atom. The van der Waals surface area contributed by atoms with Gasteiger partial charge >= 0.3 is 0 Å². The summed E-state index contributed by atoms with van der Waals surface area (Å²) in [4.78, 5) is 0. The quantitative estimate of drug-likeness (QED) is 0.913. The minimum absolute atomic E-state index is 0.227. The minimum atomic E-state index is 0.227. The van der Waals surface area contributed by atoms with Crippen molar-refractivity contribution in [2.75, 3.05) is 12.8 Å². The lowest BCUT2D eigenvalue weighted by Crippen LogP contribution is -2.07. The molecule has 5 heteroatoms. The van der Waals surface area contributed by atoms with E-state index in [4.69, 9.17) is 15.2 Å². The lowest BCUT2D eigenvalue weighted by Gasteiger charge is -2.12. The van der Waals surface area contributed by atoms with Crippen LogP contribution >= 0.6 is 0 Å². The van der Waals surface area contributed by atoms with Gasteiger partial charge in [0.1, 0.15) is 23.4 Å². The third-order valence-electron chi connectivity index (χ3n) is 3.37. The van der Waals surface area contributed by atoms with Gasteiger partial charge in [0.25, 0.3) is 0 Å². The third kappa shape index (κ3) is 2.12. The number of hydrogen-bond donors (Lipinski definition) is 1. The average molecular weight is 259 g/mol. The first-order valence-electron chi connectivity index (χ1n) is 6.31. The molecule has 0 radical (unpaired) electrons. The lowest BCUT2D eigenvalue weighted by molar-refractivity contribution is 0.254. The first-order valence-corrected chi connectivity index (χ1v) is 6.31. The molecule has 3 rings (SSSR count). The molecule has 1 atom stereocenters. The molecular weight excluding hydrogens is 242 g/mol. The van der Waals surface area contributed by atoms with Crippen molar-refractivity contribution in [2.45, 2.75) is 26.0 Å². The van der Waals surface area contributed by atoms with Crippen LogP contribution in [-0.4, -0.2) is 23.0 Å². The predicted octanol–water partition coefficient (Wildman–Crippen LogP) is 1.85. The largest absolute Gasteiger partial charge is 0.496 e. The van der Waals surface area contributed by atoms with Crippen LogP contribution in [0.4, 0.5) is 5.82 Å². The van der Waals surface area contributed by atoms with E-state index in [2.05, 4.69) is 12.0 Å². The first kappa shape index (κ1) is 11.9. The number of ether oxygens (including phenoxy) is 2. The van der Waals surface area contributed by atoms with Crippen LogP contribution < -0.4 is 15.2 Å². The summed E-state index contributed by atoms with van der Waals surface area (Å²) in [7, 11) is 1.68. The van der Waals surface area contributed by atoms with E-state index in [-0.39, 0.29) is 6.10 Å². The van der Waals surface area contributed by atoms with Gasteiger partial charge in [-0.1, -0.05) is 0 Å². The highest BCUT2D eigenvalue weighted by atomic mass is 16.5. The summed E-state index contributed by atoms with van der Waals surface area (Å²) < 4.78 is 13.0. The molecule has 2 heterocycles. The van der Waals surface area contributed by atoms with Crippen LogP contribution in [-0.2, 0) is 13.0 Å². The van der Waals surface area contributed by atoms with E-state index in [1.165, 1.54) is 5.56 Å². The number of rotatable bonds is 3. The summed E-state index contributed by atoms with van der Waals surface area (Å²) in [6.45, 7) is 2.64. The van der Waals surface area contributed by atoms with Crippen LogP contribution in [0.15, 0.2) is 24.4 Å². The fourth-order valence-electron chi connectivity index (χ4n) is 2.43. The first-order chi connectivity index (χ1) is 9.17. The Morgan fingerprint density at radius 1 is 1.53 bits per heavy atom. The molecule has 5 nitrogen and oxygen atoms in total. The van der Waals surface area contributed by atoms with Gasteiger partial charge in [-0.3, -0.25) is 0 Å². The summed E-state index contributed by atoms with van der Waals surface area (Å²) in [5, 5.41) is 4.19. The van der Waals surface area contributed by atoms with E-state index < -0.39 is 0 Å². The molecule has 2 aromatic rings. The van der Waals surface area contributed by atoms with Gasteiger partial charge in [-0.2, -0.15) is 5.10 Å². The topological polar surface area (TPSA) is 62.3 Å². The zero-order valence-electron chi connectivity index (χ0n) is 11.1. The highest BCUT2D eigenvalue weighted by Gasteiger charge is 2.21. The molecule has 0 saturated carbocycles. The fourth-order valence-corrected chi connectivity index (χ4v) is 2.43. The number of hydrogen-bond acceptors (Lipinski definition) is 4. The Kier molecular flexibility index (Phi) is 2.81. The van der Waals surface area contributed by atoms with Gasteiger partial charge in [0.2, 0.25) is 0 Å². The summed E-state index contributed by atoms with van der Waals surface area (Å²) in [6.07, 6.45) is 2.84. The van der Waals surface area contributed by atoms with Gasteiger partial charge in [-0.25, -0.2) is 4.68 Å². The fraction of sp³-hybridized carbons (Fsp3) is 0.357. The van der Waals surface area contributed by atoms with Gasteiger partial charge in [0, 0.05) is 17.5 Å². The summed E-state index contributed by atoms with van der Waals surface area (Å²) in [5.41, 5.74) is 8.06. The predicted molar refractivity (Wildman–Crippen MR) is 72.5 cm³/mol. The van der Waals surface area contributed by atoms with Crippen molar-refractivity contribution in [1.82, 2.24) is 9.78 Å². The summed E-state index contributed by atoms with van der Waals surface area (Å²) >= 11 is 0. The number of nitrogens with zero attached hydrogens (tertiary/aromatic N) is 2. The Balaban J connectivity index is 1.97. The second kappa shape index (κ2) is 4.50. The summed E-state index contributed by atoms with van der Waals surface area (Å²) in [5.74, 6) is 2.43. The van der Waals surface area contributed by atoms with Crippen molar-refractivity contribution < 1.29 is 9.47 Å². The number of benzene rings is 1. The molecule has 1 aromatic heterocycles. The number of aromatic nitrogens is 2. The van der Waals surface area contributed by atoms with Crippen LogP contribution in [0.3, 0.4) is 0 Å². The molecule has 100 valence electrons. The molecule has 0 aliphatic carbocycles. The van der Waals surface area contributed by atoms with Crippen LogP contribution in [0.1, 0.15) is 18.1 Å². The van der Waals surface area contributed by atoms with Gasteiger partial charge in [-0.15, -0.1) is 0 Å². The van der Waals surface area contributed by atoms with Crippen LogP contribution in [0.2, 0.25) is 0 Å². The smallest absolute Gasteiger partial charge is 0.124 e. The van der Waals surface area contributed by atoms with Crippen molar-refractivity contribution in [2.24, 2.45) is 0 Å². The molecular formula is C14H17N3O2. The van der Waals surface area contributed by atoms with Gasteiger partial charge in [0.15, 0.2) is 0 Å². The van der Waals surface area contributed by atoms with E-state index in [0.717, 1.165) is 23.5 Å². The zero-order chi connectivity index (χ0) is 13.4. The third-order valence-corrected chi connectivity index (χ3v) is 3.37. The Labute approximate surface area is 111 Å². The van der Waals surface area contributed by atoms with Crippen molar-refractivity contribution in [3.8, 4) is 11.5 Å². The average Bonchev–Trinajstić information content (AvgIpc) is 2.94. The van der Waals surface area contributed by atoms with Crippen molar-refractivity contribution in [1.29, 1.82) is 0 Å². The standard InChI is InChI=1S/C14H17N3O2/c1-9-5-10-6-12(18-2)11(7-13(10)19-9)8-17-14(15)3-4-16-17/h3-4,6-7,9H,5,8,15H2,1-2H3. The Morgan fingerprint density at radius 3 is 3.05 bits per heavy atom. The second-order valence-electron chi connectivity index (χ2n) is 4.82. The molecule has 0 fully saturated rings. The van der Waals surface area contributed by atoms with Crippen molar-refractivity contribution >= 4 is 5.82 Å². The molecule has 1 aliphatic heterocycles. The maximum absolute atomic E-state index is 5.84. The maximum Gasteiger partial charge on any atom is 0.124 e. The zero-order valence-corrected chi connectivity index (χ0v) is 11.1. The number of methoxy groups -OCH3 is 1. The van der Waals surface area contributed by atoms with Crippen LogP contribution in [0, 0.1) is 0 Å². The van der Waals surface area contributed by atoms with Gasteiger partial charge in [-0.05, 0) is 25.1 Å². The molecule has 1 unspecified atom stereocenters. The van der Waals surface area contributed by atoms with Gasteiger partial charge in [0.05, 0.1) is 19.9 Å². The number of fused-ring (bicyclic) bond motifs is 1.